The number of aryl methyl sites for hydroxylation is 3. The average Bonchev–Trinajstić information content (AvgIpc) is 3.21. The normalized spacial score (nSPS) is 17.6. The van der Waals surface area contributed by atoms with E-state index in [1.54, 1.807) is 10.4 Å². The maximum Gasteiger partial charge on any atom is 0.243 e. The highest BCUT2D eigenvalue weighted by Gasteiger charge is 2.29. The van der Waals surface area contributed by atoms with Gasteiger partial charge >= 0.3 is 0 Å². The zero-order chi connectivity index (χ0) is 21.1. The quantitative estimate of drug-likeness (QED) is 0.767. The Kier molecular flexibility index (Phi) is 6.22. The van der Waals surface area contributed by atoms with Crippen molar-refractivity contribution in [1.82, 2.24) is 14.5 Å². The zero-order valence-electron chi connectivity index (χ0n) is 17.4. The Morgan fingerprint density at radius 3 is 2.50 bits per heavy atom. The van der Waals surface area contributed by atoms with Crippen molar-refractivity contribution in [3.8, 4) is 0 Å². The number of nitrogens with one attached hydrogen (secondary N) is 1. The number of piperazine rings is 1. The van der Waals surface area contributed by atoms with Crippen LogP contribution in [-0.4, -0.2) is 56.3 Å². The molecule has 30 heavy (non-hydrogen) atoms. The predicted octanol–water partition coefficient (Wildman–Crippen LogP) is 2.11. The second-order valence-electron chi connectivity index (χ2n) is 8.17. The molecule has 0 unspecified atom stereocenters. The second kappa shape index (κ2) is 8.88. The van der Waals surface area contributed by atoms with Crippen molar-refractivity contribution in [2.75, 3.05) is 32.7 Å². The summed E-state index contributed by atoms with van der Waals surface area (Å²) in [5.41, 5.74) is 4.70. The SMILES string of the molecule is Cc1ccccc1CNC(=O)CN1CCN(S(=O)(=O)c2ccc3c(c2)CCC3)CC1. The van der Waals surface area contributed by atoms with Gasteiger partial charge in [0.25, 0.3) is 0 Å². The van der Waals surface area contributed by atoms with Gasteiger partial charge in [0.05, 0.1) is 11.4 Å². The van der Waals surface area contributed by atoms with Crippen LogP contribution < -0.4 is 5.32 Å². The van der Waals surface area contributed by atoms with Gasteiger partial charge in [-0.3, -0.25) is 9.69 Å². The van der Waals surface area contributed by atoms with E-state index in [9.17, 15) is 13.2 Å². The third kappa shape index (κ3) is 4.58. The molecule has 2 aromatic carbocycles. The van der Waals surface area contributed by atoms with E-state index in [4.69, 9.17) is 0 Å². The number of hydrogen-bond acceptors (Lipinski definition) is 4. The number of benzene rings is 2. The first kappa shape index (κ1) is 21.0. The van der Waals surface area contributed by atoms with Crippen molar-refractivity contribution >= 4 is 15.9 Å². The summed E-state index contributed by atoms with van der Waals surface area (Å²) >= 11 is 0. The van der Waals surface area contributed by atoms with E-state index in [1.165, 1.54) is 11.1 Å². The van der Waals surface area contributed by atoms with Gasteiger partial charge in [0, 0.05) is 32.7 Å². The van der Waals surface area contributed by atoms with Crippen LogP contribution in [0.1, 0.15) is 28.7 Å². The molecule has 0 radical (unpaired) electrons. The third-order valence-corrected chi connectivity index (χ3v) is 8.04. The fourth-order valence-electron chi connectivity index (χ4n) is 4.25. The monoisotopic (exact) mass is 427 g/mol. The predicted molar refractivity (Wildman–Crippen MR) is 117 cm³/mol. The lowest BCUT2D eigenvalue weighted by atomic mass is 10.1. The topological polar surface area (TPSA) is 69.7 Å². The highest BCUT2D eigenvalue weighted by atomic mass is 32.2. The molecule has 1 amide bonds. The number of rotatable bonds is 6. The fraction of sp³-hybridized carbons (Fsp3) is 0.435. The summed E-state index contributed by atoms with van der Waals surface area (Å²) in [5, 5.41) is 2.97. The minimum absolute atomic E-state index is 0.0341. The van der Waals surface area contributed by atoms with Crippen LogP contribution in [0.5, 0.6) is 0 Å². The van der Waals surface area contributed by atoms with Crippen LogP contribution in [0.4, 0.5) is 0 Å². The maximum absolute atomic E-state index is 13.0. The lowest BCUT2D eigenvalue weighted by molar-refractivity contribution is -0.122. The van der Waals surface area contributed by atoms with Crippen LogP contribution in [0.25, 0.3) is 0 Å². The van der Waals surface area contributed by atoms with Crippen molar-refractivity contribution in [2.45, 2.75) is 37.6 Å². The highest BCUT2D eigenvalue weighted by molar-refractivity contribution is 7.89. The average molecular weight is 428 g/mol. The van der Waals surface area contributed by atoms with Crippen molar-refractivity contribution in [1.29, 1.82) is 0 Å². The molecule has 1 fully saturated rings. The Morgan fingerprint density at radius 1 is 1.00 bits per heavy atom. The molecule has 2 aromatic rings. The third-order valence-electron chi connectivity index (χ3n) is 6.14. The van der Waals surface area contributed by atoms with E-state index in [1.807, 2.05) is 48.2 Å². The number of sulfonamides is 1. The molecule has 1 saturated heterocycles. The molecular formula is C23H29N3O3S. The Labute approximate surface area is 178 Å². The first-order valence-electron chi connectivity index (χ1n) is 10.6. The number of carbonyl (C=O) groups is 1. The van der Waals surface area contributed by atoms with Crippen molar-refractivity contribution in [3.05, 3.63) is 64.7 Å². The summed E-state index contributed by atoms with van der Waals surface area (Å²) in [6, 6.07) is 13.5. The van der Waals surface area contributed by atoms with Gasteiger partial charge in [0.15, 0.2) is 0 Å². The number of nitrogens with zero attached hydrogens (tertiary/aromatic N) is 2. The summed E-state index contributed by atoms with van der Waals surface area (Å²) in [6.07, 6.45) is 3.10. The van der Waals surface area contributed by atoms with Crippen LogP contribution in [0.2, 0.25) is 0 Å². The Morgan fingerprint density at radius 2 is 1.73 bits per heavy atom. The van der Waals surface area contributed by atoms with Crippen molar-refractivity contribution < 1.29 is 13.2 Å². The molecule has 7 heteroatoms. The first-order valence-corrected chi connectivity index (χ1v) is 12.0. The zero-order valence-corrected chi connectivity index (χ0v) is 18.2. The van der Waals surface area contributed by atoms with Gasteiger partial charge in [0.2, 0.25) is 15.9 Å². The van der Waals surface area contributed by atoms with Crippen molar-refractivity contribution in [2.24, 2.45) is 0 Å². The molecule has 0 bridgehead atoms. The lowest BCUT2D eigenvalue weighted by Crippen LogP contribution is -2.51. The summed E-state index contributed by atoms with van der Waals surface area (Å²) < 4.78 is 27.6. The Bertz CT molecular complexity index is 1030. The van der Waals surface area contributed by atoms with Gasteiger partial charge in [0.1, 0.15) is 0 Å². The molecule has 0 saturated carbocycles. The van der Waals surface area contributed by atoms with E-state index in [-0.39, 0.29) is 5.91 Å². The minimum atomic E-state index is -3.48. The summed E-state index contributed by atoms with van der Waals surface area (Å²) in [7, 11) is -3.48. The van der Waals surface area contributed by atoms with Gasteiger partial charge in [-0.1, -0.05) is 30.3 Å². The van der Waals surface area contributed by atoms with Gasteiger partial charge in [-0.2, -0.15) is 4.31 Å². The van der Waals surface area contributed by atoms with Gasteiger partial charge in [-0.25, -0.2) is 8.42 Å². The van der Waals surface area contributed by atoms with Gasteiger partial charge in [-0.15, -0.1) is 0 Å². The maximum atomic E-state index is 13.0. The lowest BCUT2D eigenvalue weighted by Gasteiger charge is -2.33. The molecular weight excluding hydrogens is 398 g/mol. The second-order valence-corrected chi connectivity index (χ2v) is 10.1. The standard InChI is InChI=1S/C23H29N3O3S/c1-18-5-2-3-6-21(18)16-24-23(27)17-25-11-13-26(14-12-25)30(28,29)22-10-9-19-7-4-8-20(19)15-22/h2-3,5-6,9-10,15H,4,7-8,11-14,16-17H2,1H3,(H,24,27). The van der Waals surface area contributed by atoms with Gasteiger partial charge in [-0.05, 0) is 60.6 Å². The smallest absolute Gasteiger partial charge is 0.243 e. The van der Waals surface area contributed by atoms with E-state index in [2.05, 4.69) is 5.32 Å². The van der Waals surface area contributed by atoms with E-state index >= 15 is 0 Å². The van der Waals surface area contributed by atoms with Crippen LogP contribution in [0.15, 0.2) is 47.4 Å². The number of fused-ring (bicyclic) bond motifs is 1. The molecule has 6 nitrogen and oxygen atoms in total. The molecule has 1 heterocycles. The van der Waals surface area contributed by atoms with Crippen LogP contribution in [-0.2, 0) is 34.2 Å². The molecule has 4 rings (SSSR count). The molecule has 1 aliphatic heterocycles. The summed E-state index contributed by atoms with van der Waals surface area (Å²) in [4.78, 5) is 14.7. The molecule has 1 N–H and O–H groups in total. The molecule has 0 spiro atoms. The number of amides is 1. The fourth-order valence-corrected chi connectivity index (χ4v) is 5.72. The molecule has 160 valence electrons. The van der Waals surface area contributed by atoms with Crippen LogP contribution in [0, 0.1) is 6.92 Å². The number of carbonyl (C=O) groups excluding carboxylic acids is 1. The Balaban J connectivity index is 1.29. The minimum Gasteiger partial charge on any atom is -0.351 e. The summed E-state index contributed by atoms with van der Waals surface area (Å²) in [5.74, 6) is -0.0341. The van der Waals surface area contributed by atoms with Crippen LogP contribution in [0.3, 0.4) is 0 Å². The Hall–Kier alpha value is -2.22. The highest BCUT2D eigenvalue weighted by Crippen LogP contribution is 2.26. The number of hydrogen-bond donors (Lipinski definition) is 1. The molecule has 0 atom stereocenters. The summed E-state index contributed by atoms with van der Waals surface area (Å²) in [6.45, 7) is 4.76. The first-order chi connectivity index (χ1) is 14.4. The molecule has 2 aliphatic rings. The van der Waals surface area contributed by atoms with Crippen molar-refractivity contribution in [3.63, 3.8) is 0 Å². The van der Waals surface area contributed by atoms with Crippen LogP contribution >= 0.6 is 0 Å². The molecule has 0 aromatic heterocycles. The van der Waals surface area contributed by atoms with E-state index < -0.39 is 10.0 Å². The van der Waals surface area contributed by atoms with E-state index in [0.29, 0.717) is 44.2 Å². The largest absolute Gasteiger partial charge is 0.351 e. The molecule has 1 aliphatic carbocycles. The van der Waals surface area contributed by atoms with E-state index in [0.717, 1.165) is 30.4 Å². The van der Waals surface area contributed by atoms with Gasteiger partial charge < -0.3 is 5.32 Å².